The molecule has 2 aromatic heterocycles. The van der Waals surface area contributed by atoms with Crippen LogP contribution >= 0.6 is 38.6 Å². The molecule has 0 bridgehead atoms. The highest BCUT2D eigenvalue weighted by Crippen LogP contribution is 2.34. The van der Waals surface area contributed by atoms with Crippen LogP contribution in [0.5, 0.6) is 0 Å². The van der Waals surface area contributed by atoms with Crippen molar-refractivity contribution in [2.45, 2.75) is 10.5 Å². The van der Waals surface area contributed by atoms with E-state index in [1.54, 1.807) is 30.3 Å². The van der Waals surface area contributed by atoms with E-state index in [9.17, 15) is 13.5 Å². The second kappa shape index (κ2) is 7.07. The molecule has 0 aliphatic carbocycles. The third kappa shape index (κ3) is 3.49. The molecule has 0 aliphatic rings. The Morgan fingerprint density at radius 1 is 1.12 bits per heavy atom. The number of hydrogen-bond donors (Lipinski definition) is 2. The maximum Gasteiger partial charge on any atom is 0.241 e. The molecule has 24 heavy (non-hydrogen) atoms. The fourth-order valence-corrected chi connectivity index (χ4v) is 5.92. The first-order chi connectivity index (χ1) is 11.4. The Hall–Kier alpha value is -1.03. The fraction of sp³-hybridized carbons (Fsp3) is 0.125. The Labute approximate surface area is 157 Å². The van der Waals surface area contributed by atoms with Crippen LogP contribution in [-0.2, 0) is 15.6 Å². The van der Waals surface area contributed by atoms with Gasteiger partial charge in [0, 0.05) is 21.5 Å². The lowest BCUT2D eigenvalue weighted by Crippen LogP contribution is -2.41. The van der Waals surface area contributed by atoms with Crippen LogP contribution in [0.2, 0.25) is 0 Å². The van der Waals surface area contributed by atoms with Crippen molar-refractivity contribution in [1.82, 2.24) is 4.72 Å². The van der Waals surface area contributed by atoms with Crippen molar-refractivity contribution >= 4 is 48.6 Å². The van der Waals surface area contributed by atoms with E-state index in [0.29, 0.717) is 14.9 Å². The summed E-state index contributed by atoms with van der Waals surface area (Å²) >= 11 is 6.10. The monoisotopic (exact) mass is 443 g/mol. The van der Waals surface area contributed by atoms with Crippen LogP contribution in [0.3, 0.4) is 0 Å². The summed E-state index contributed by atoms with van der Waals surface area (Å²) < 4.78 is 28.2. The third-order valence-electron chi connectivity index (χ3n) is 3.57. The van der Waals surface area contributed by atoms with E-state index in [1.165, 1.54) is 28.7 Å². The van der Waals surface area contributed by atoms with Crippen LogP contribution in [0.15, 0.2) is 68.0 Å². The highest BCUT2D eigenvalue weighted by molar-refractivity contribution is 9.10. The maximum atomic E-state index is 12.6. The summed E-state index contributed by atoms with van der Waals surface area (Å²) in [4.78, 5) is 0.833. The lowest BCUT2D eigenvalue weighted by molar-refractivity contribution is 0.0903. The van der Waals surface area contributed by atoms with E-state index < -0.39 is 15.6 Å². The summed E-state index contributed by atoms with van der Waals surface area (Å²) in [6.45, 7) is -0.145. The smallest absolute Gasteiger partial charge is 0.241 e. The van der Waals surface area contributed by atoms with Crippen molar-refractivity contribution < 1.29 is 13.5 Å². The standard InChI is InChI=1S/C16H14BrNO3S3/c17-13-4-1-2-5-14(13)24(20,21)18-11-16(19,12-7-9-22-10-12)15-6-3-8-23-15/h1-10,18-19H,11H2. The number of hydrogen-bond acceptors (Lipinski definition) is 5. The first-order valence-corrected chi connectivity index (χ1v) is 11.1. The van der Waals surface area contributed by atoms with Gasteiger partial charge in [-0.25, -0.2) is 13.1 Å². The lowest BCUT2D eigenvalue weighted by atomic mass is 9.95. The van der Waals surface area contributed by atoms with E-state index in [4.69, 9.17) is 0 Å². The molecule has 2 N–H and O–H groups in total. The maximum absolute atomic E-state index is 12.6. The van der Waals surface area contributed by atoms with Gasteiger partial charge in [0.1, 0.15) is 5.60 Å². The van der Waals surface area contributed by atoms with Crippen LogP contribution in [-0.4, -0.2) is 20.1 Å². The number of halogens is 1. The molecule has 0 radical (unpaired) electrons. The molecule has 3 aromatic rings. The molecule has 1 aromatic carbocycles. The number of thiophene rings is 2. The molecule has 8 heteroatoms. The summed E-state index contributed by atoms with van der Waals surface area (Å²) in [5, 5.41) is 16.7. The van der Waals surface area contributed by atoms with Gasteiger partial charge in [0.05, 0.1) is 4.90 Å². The minimum absolute atomic E-state index is 0.142. The van der Waals surface area contributed by atoms with Gasteiger partial charge in [0.15, 0.2) is 0 Å². The predicted octanol–water partition coefficient (Wildman–Crippen LogP) is 3.79. The molecule has 0 aliphatic heterocycles. The zero-order chi connectivity index (χ0) is 17.2. The highest BCUT2D eigenvalue weighted by atomic mass is 79.9. The molecule has 1 unspecified atom stereocenters. The molecule has 1 atom stereocenters. The summed E-state index contributed by atoms with van der Waals surface area (Å²) in [6.07, 6.45) is 0. The second-order valence-corrected chi connectivity index (χ2v) is 9.42. The van der Waals surface area contributed by atoms with Crippen molar-refractivity contribution in [3.63, 3.8) is 0 Å². The molecule has 0 spiro atoms. The van der Waals surface area contributed by atoms with Crippen molar-refractivity contribution in [3.8, 4) is 0 Å². The average molecular weight is 444 g/mol. The molecule has 0 saturated carbocycles. The number of nitrogens with one attached hydrogen (secondary N) is 1. The number of rotatable bonds is 6. The van der Waals surface area contributed by atoms with E-state index in [1.807, 2.05) is 22.2 Å². The minimum atomic E-state index is -3.76. The first kappa shape index (κ1) is 17.8. The molecule has 0 saturated heterocycles. The van der Waals surface area contributed by atoms with Crippen molar-refractivity contribution in [1.29, 1.82) is 0 Å². The largest absolute Gasteiger partial charge is 0.378 e. The predicted molar refractivity (Wildman–Crippen MR) is 101 cm³/mol. The zero-order valence-electron chi connectivity index (χ0n) is 12.3. The lowest BCUT2D eigenvalue weighted by Gasteiger charge is -2.27. The number of sulfonamides is 1. The Balaban J connectivity index is 1.92. The summed E-state index contributed by atoms with van der Waals surface area (Å²) in [5.41, 5.74) is -0.729. The normalized spacial score (nSPS) is 14.4. The van der Waals surface area contributed by atoms with Gasteiger partial charge in [-0.3, -0.25) is 0 Å². The number of benzene rings is 1. The zero-order valence-corrected chi connectivity index (χ0v) is 16.4. The first-order valence-electron chi connectivity index (χ1n) is 6.97. The molecular formula is C16H14BrNO3S3. The minimum Gasteiger partial charge on any atom is -0.378 e. The van der Waals surface area contributed by atoms with Crippen molar-refractivity contribution in [2.24, 2.45) is 0 Å². The van der Waals surface area contributed by atoms with Gasteiger partial charge >= 0.3 is 0 Å². The molecule has 3 rings (SSSR count). The Bertz CT molecular complexity index is 872. The van der Waals surface area contributed by atoms with Gasteiger partial charge in [-0.1, -0.05) is 18.2 Å². The Morgan fingerprint density at radius 3 is 2.54 bits per heavy atom. The van der Waals surface area contributed by atoms with Gasteiger partial charge < -0.3 is 5.11 Å². The molecule has 0 fully saturated rings. The van der Waals surface area contributed by atoms with E-state index in [-0.39, 0.29) is 11.4 Å². The van der Waals surface area contributed by atoms with Crippen molar-refractivity contribution in [3.05, 3.63) is 73.5 Å². The highest BCUT2D eigenvalue weighted by Gasteiger charge is 2.35. The molecule has 4 nitrogen and oxygen atoms in total. The van der Waals surface area contributed by atoms with E-state index in [0.717, 1.165) is 0 Å². The van der Waals surface area contributed by atoms with Gasteiger partial charge in [-0.05, 0) is 56.3 Å². The molecule has 126 valence electrons. The third-order valence-corrected chi connectivity index (χ3v) is 7.69. The van der Waals surface area contributed by atoms with Crippen LogP contribution < -0.4 is 4.72 Å². The van der Waals surface area contributed by atoms with Gasteiger partial charge in [-0.15, -0.1) is 11.3 Å². The summed E-state index contributed by atoms with van der Waals surface area (Å²) in [5.74, 6) is 0. The van der Waals surface area contributed by atoms with E-state index in [2.05, 4.69) is 20.7 Å². The van der Waals surface area contributed by atoms with Gasteiger partial charge in [0.2, 0.25) is 10.0 Å². The topological polar surface area (TPSA) is 66.4 Å². The molecule has 0 amide bonds. The van der Waals surface area contributed by atoms with E-state index >= 15 is 0 Å². The second-order valence-electron chi connectivity index (χ2n) is 5.10. The van der Waals surface area contributed by atoms with Gasteiger partial charge in [0.25, 0.3) is 0 Å². The Kier molecular flexibility index (Phi) is 5.24. The fourth-order valence-electron chi connectivity index (χ4n) is 2.29. The van der Waals surface area contributed by atoms with Crippen molar-refractivity contribution in [2.75, 3.05) is 6.54 Å². The van der Waals surface area contributed by atoms with Crippen LogP contribution in [0.4, 0.5) is 0 Å². The molecule has 2 heterocycles. The SMILES string of the molecule is O=S(=O)(NCC(O)(c1ccsc1)c1cccs1)c1ccccc1Br. The van der Waals surface area contributed by atoms with Crippen LogP contribution in [0, 0.1) is 0 Å². The summed E-state index contributed by atoms with van der Waals surface area (Å²) in [6, 6.07) is 12.0. The van der Waals surface area contributed by atoms with Crippen LogP contribution in [0.1, 0.15) is 10.4 Å². The summed E-state index contributed by atoms with van der Waals surface area (Å²) in [7, 11) is -3.76. The Morgan fingerprint density at radius 2 is 1.92 bits per heavy atom. The van der Waals surface area contributed by atoms with Gasteiger partial charge in [-0.2, -0.15) is 11.3 Å². The average Bonchev–Trinajstić information content (AvgIpc) is 3.26. The quantitative estimate of drug-likeness (QED) is 0.608. The molecular weight excluding hydrogens is 430 g/mol. The number of aliphatic hydroxyl groups is 1. The van der Waals surface area contributed by atoms with Crippen LogP contribution in [0.25, 0.3) is 0 Å².